The topological polar surface area (TPSA) is 85.1 Å². The molecule has 132 valence electrons. The minimum Gasteiger partial charge on any atom is -0.329 e. The van der Waals surface area contributed by atoms with Gasteiger partial charge in [0.25, 0.3) is 0 Å². The second kappa shape index (κ2) is 7.49. The summed E-state index contributed by atoms with van der Waals surface area (Å²) in [6.45, 7) is 2.25. The Hall–Kier alpha value is -0.990. The van der Waals surface area contributed by atoms with Gasteiger partial charge in [0, 0.05) is 28.7 Å². The number of thiazole rings is 1. The van der Waals surface area contributed by atoms with Crippen molar-refractivity contribution in [1.82, 2.24) is 9.71 Å². The van der Waals surface area contributed by atoms with Gasteiger partial charge in [0.05, 0.1) is 4.90 Å². The molecule has 0 radical (unpaired) electrons. The first-order valence-corrected chi connectivity index (χ1v) is 10.1. The van der Waals surface area contributed by atoms with Gasteiger partial charge in [0.15, 0.2) is 0 Å². The molecule has 0 spiro atoms. The van der Waals surface area contributed by atoms with Crippen molar-refractivity contribution >= 4 is 33.8 Å². The molecule has 1 aliphatic carbocycles. The predicted octanol–water partition coefficient (Wildman–Crippen LogP) is 3.09. The second-order valence-electron chi connectivity index (χ2n) is 6.12. The highest BCUT2D eigenvalue weighted by atomic mass is 35.5. The quantitative estimate of drug-likeness (QED) is 0.825. The largest absolute Gasteiger partial charge is 0.329 e. The molecule has 5 nitrogen and oxygen atoms in total. The Labute approximate surface area is 153 Å². The molecule has 24 heavy (non-hydrogen) atoms. The van der Waals surface area contributed by atoms with Gasteiger partial charge >= 0.3 is 0 Å². The number of nitrogens with one attached hydrogen (secondary N) is 1. The van der Waals surface area contributed by atoms with E-state index in [4.69, 9.17) is 5.73 Å². The van der Waals surface area contributed by atoms with Gasteiger partial charge in [-0.3, -0.25) is 0 Å². The van der Waals surface area contributed by atoms with E-state index in [1.165, 1.54) is 11.3 Å². The smallest absolute Gasteiger partial charge is 0.241 e. The highest BCUT2D eigenvalue weighted by molar-refractivity contribution is 7.89. The summed E-state index contributed by atoms with van der Waals surface area (Å²) >= 11 is 1.51. The van der Waals surface area contributed by atoms with Crippen LogP contribution in [0.15, 0.2) is 34.5 Å². The minimum atomic E-state index is -3.59. The molecule has 8 heteroatoms. The van der Waals surface area contributed by atoms with E-state index in [-0.39, 0.29) is 17.3 Å². The zero-order valence-electron chi connectivity index (χ0n) is 13.5. The highest BCUT2D eigenvalue weighted by Crippen LogP contribution is 2.31. The molecular formula is C16H22ClN3O2S2. The third-order valence-corrected chi connectivity index (χ3v) is 6.90. The number of halogens is 1. The average molecular weight is 388 g/mol. The van der Waals surface area contributed by atoms with E-state index in [0.29, 0.717) is 6.54 Å². The van der Waals surface area contributed by atoms with E-state index in [0.717, 1.165) is 41.9 Å². The minimum absolute atomic E-state index is 0. The van der Waals surface area contributed by atoms with Crippen molar-refractivity contribution in [1.29, 1.82) is 0 Å². The van der Waals surface area contributed by atoms with Crippen LogP contribution in [0.5, 0.6) is 0 Å². The number of rotatable bonds is 5. The van der Waals surface area contributed by atoms with Gasteiger partial charge in [0.2, 0.25) is 10.0 Å². The second-order valence-corrected chi connectivity index (χ2v) is 8.66. The Bertz CT molecular complexity index is 799. The highest BCUT2D eigenvalue weighted by Gasteiger charge is 2.36. The van der Waals surface area contributed by atoms with Gasteiger partial charge in [-0.1, -0.05) is 25.0 Å². The number of aromatic nitrogens is 1. The lowest BCUT2D eigenvalue weighted by molar-refractivity contribution is 0.399. The maximum atomic E-state index is 12.8. The monoisotopic (exact) mass is 387 g/mol. The molecular weight excluding hydrogens is 366 g/mol. The summed E-state index contributed by atoms with van der Waals surface area (Å²) in [6, 6.07) is 6.93. The van der Waals surface area contributed by atoms with Gasteiger partial charge < -0.3 is 5.73 Å². The fourth-order valence-electron chi connectivity index (χ4n) is 3.03. The van der Waals surface area contributed by atoms with Crippen LogP contribution in [-0.4, -0.2) is 25.5 Å². The van der Waals surface area contributed by atoms with Crippen LogP contribution in [0.25, 0.3) is 10.6 Å². The fourth-order valence-corrected chi connectivity index (χ4v) is 5.34. The van der Waals surface area contributed by atoms with E-state index in [2.05, 4.69) is 9.71 Å². The van der Waals surface area contributed by atoms with Crippen molar-refractivity contribution in [2.75, 3.05) is 6.54 Å². The maximum absolute atomic E-state index is 12.8. The molecule has 3 rings (SSSR count). The Balaban J connectivity index is 0.00000208. The van der Waals surface area contributed by atoms with Gasteiger partial charge in [-0.15, -0.1) is 23.7 Å². The van der Waals surface area contributed by atoms with Crippen LogP contribution >= 0.6 is 23.7 Å². The number of benzene rings is 1. The summed E-state index contributed by atoms with van der Waals surface area (Å²) in [7, 11) is -3.59. The van der Waals surface area contributed by atoms with E-state index < -0.39 is 15.6 Å². The van der Waals surface area contributed by atoms with Crippen molar-refractivity contribution in [3.05, 3.63) is 35.3 Å². The SMILES string of the molecule is Cc1csc(-c2cccc(S(=O)(=O)NC3(CN)CCCC3)c2)n1.Cl. The van der Waals surface area contributed by atoms with Gasteiger partial charge in [-0.2, -0.15) is 0 Å². The van der Waals surface area contributed by atoms with Gasteiger partial charge in [-0.05, 0) is 31.9 Å². The molecule has 0 bridgehead atoms. The summed E-state index contributed by atoms with van der Waals surface area (Å²) < 4.78 is 28.4. The summed E-state index contributed by atoms with van der Waals surface area (Å²) in [5.41, 5.74) is 7.10. The third-order valence-electron chi connectivity index (χ3n) is 4.31. The Morgan fingerprint density at radius 3 is 2.62 bits per heavy atom. The lowest BCUT2D eigenvalue weighted by atomic mass is 10.0. The molecule has 0 amide bonds. The predicted molar refractivity (Wildman–Crippen MR) is 100 cm³/mol. The molecule has 1 fully saturated rings. The van der Waals surface area contributed by atoms with E-state index in [1.807, 2.05) is 18.4 Å². The number of hydrogen-bond acceptors (Lipinski definition) is 5. The molecule has 1 aliphatic rings. The molecule has 1 aromatic heterocycles. The van der Waals surface area contributed by atoms with E-state index in [9.17, 15) is 8.42 Å². The van der Waals surface area contributed by atoms with Crippen molar-refractivity contribution in [2.24, 2.45) is 5.73 Å². The normalized spacial score (nSPS) is 16.8. The average Bonchev–Trinajstić information content (AvgIpc) is 3.17. The molecule has 0 saturated heterocycles. The van der Waals surface area contributed by atoms with Crippen molar-refractivity contribution in [3.8, 4) is 10.6 Å². The summed E-state index contributed by atoms with van der Waals surface area (Å²) in [4.78, 5) is 4.69. The zero-order chi connectivity index (χ0) is 16.5. The Kier molecular flexibility index (Phi) is 6.04. The van der Waals surface area contributed by atoms with Gasteiger partial charge in [-0.25, -0.2) is 18.1 Å². The van der Waals surface area contributed by atoms with Crippen molar-refractivity contribution in [2.45, 2.75) is 43.0 Å². The van der Waals surface area contributed by atoms with E-state index >= 15 is 0 Å². The first-order valence-electron chi connectivity index (χ1n) is 7.71. The molecule has 0 aliphatic heterocycles. The fraction of sp³-hybridized carbons (Fsp3) is 0.438. The van der Waals surface area contributed by atoms with Gasteiger partial charge in [0.1, 0.15) is 5.01 Å². The summed E-state index contributed by atoms with van der Waals surface area (Å²) in [5, 5.41) is 2.78. The number of hydrogen-bond donors (Lipinski definition) is 2. The van der Waals surface area contributed by atoms with Crippen LogP contribution in [0.1, 0.15) is 31.4 Å². The van der Waals surface area contributed by atoms with Crippen LogP contribution < -0.4 is 10.5 Å². The first-order chi connectivity index (χ1) is 10.9. The summed E-state index contributed by atoms with van der Waals surface area (Å²) in [5.74, 6) is 0. The van der Waals surface area contributed by atoms with Crippen LogP contribution in [0, 0.1) is 6.92 Å². The number of aryl methyl sites for hydroxylation is 1. The maximum Gasteiger partial charge on any atom is 0.241 e. The molecule has 1 aromatic carbocycles. The first kappa shape index (κ1) is 19.3. The molecule has 2 aromatic rings. The van der Waals surface area contributed by atoms with Crippen LogP contribution in [0.2, 0.25) is 0 Å². The lowest BCUT2D eigenvalue weighted by Gasteiger charge is -2.28. The number of nitrogens with zero attached hydrogens (tertiary/aromatic N) is 1. The van der Waals surface area contributed by atoms with E-state index in [1.54, 1.807) is 18.2 Å². The zero-order valence-corrected chi connectivity index (χ0v) is 15.9. The van der Waals surface area contributed by atoms with Crippen molar-refractivity contribution < 1.29 is 8.42 Å². The Morgan fingerprint density at radius 2 is 2.04 bits per heavy atom. The van der Waals surface area contributed by atoms with Crippen LogP contribution in [0.4, 0.5) is 0 Å². The molecule has 0 unspecified atom stereocenters. The van der Waals surface area contributed by atoms with Crippen LogP contribution in [-0.2, 0) is 10.0 Å². The number of nitrogens with two attached hydrogens (primary N) is 1. The Morgan fingerprint density at radius 1 is 1.33 bits per heavy atom. The molecule has 3 N–H and O–H groups in total. The van der Waals surface area contributed by atoms with Crippen molar-refractivity contribution in [3.63, 3.8) is 0 Å². The summed E-state index contributed by atoms with van der Waals surface area (Å²) in [6.07, 6.45) is 3.62. The number of sulfonamides is 1. The lowest BCUT2D eigenvalue weighted by Crippen LogP contribution is -2.51. The third kappa shape index (κ3) is 3.97. The van der Waals surface area contributed by atoms with Crippen LogP contribution in [0.3, 0.4) is 0 Å². The molecule has 1 heterocycles. The molecule has 1 saturated carbocycles. The standard InChI is InChI=1S/C16H21N3O2S2.ClH/c1-12-10-22-15(18-12)13-5-4-6-14(9-13)23(20,21)19-16(11-17)7-2-3-8-16;/h4-6,9-10,19H,2-3,7-8,11,17H2,1H3;1H. The molecule has 0 atom stereocenters.